The fourth-order valence-corrected chi connectivity index (χ4v) is 2.67. The highest BCUT2D eigenvalue weighted by molar-refractivity contribution is 6.33. The number of halogens is 2. The lowest BCUT2D eigenvalue weighted by molar-refractivity contribution is -0.146. The molecule has 5 heteroatoms. The summed E-state index contributed by atoms with van der Waals surface area (Å²) in [4.78, 5) is 13.7. The smallest absolute Gasteiger partial charge is 0.323 e. The van der Waals surface area contributed by atoms with Gasteiger partial charge in [-0.25, -0.2) is 0 Å². The number of ether oxygens (including phenoxy) is 1. The Bertz CT molecular complexity index is 451. The van der Waals surface area contributed by atoms with E-state index in [4.69, 9.17) is 27.9 Å². The van der Waals surface area contributed by atoms with Crippen molar-refractivity contribution in [3.05, 3.63) is 33.8 Å². The van der Waals surface area contributed by atoms with Gasteiger partial charge in [-0.1, -0.05) is 23.2 Å². The zero-order valence-electron chi connectivity index (χ0n) is 10.2. The Hall–Kier alpha value is -0.770. The average Bonchev–Trinajstić information content (AvgIpc) is 2.81. The standard InChI is InChI=1S/C13H15Cl2NO2/c1-18-13(17)12-3-2-6-16(12)8-9-7-10(14)4-5-11(9)15/h4-5,7,12H,2-3,6,8H2,1H3. The molecule has 1 aromatic carbocycles. The third kappa shape index (κ3) is 2.97. The van der Waals surface area contributed by atoms with Crippen LogP contribution < -0.4 is 0 Å². The molecule has 1 fully saturated rings. The lowest BCUT2D eigenvalue weighted by Crippen LogP contribution is -2.36. The van der Waals surface area contributed by atoms with Crippen LogP contribution in [0, 0.1) is 0 Å². The van der Waals surface area contributed by atoms with Crippen LogP contribution in [-0.2, 0) is 16.1 Å². The summed E-state index contributed by atoms with van der Waals surface area (Å²) >= 11 is 12.1. The van der Waals surface area contributed by atoms with Crippen LogP contribution >= 0.6 is 23.2 Å². The number of hydrogen-bond donors (Lipinski definition) is 0. The van der Waals surface area contributed by atoms with Gasteiger partial charge >= 0.3 is 5.97 Å². The van der Waals surface area contributed by atoms with Gasteiger partial charge in [-0.05, 0) is 43.1 Å². The monoisotopic (exact) mass is 287 g/mol. The minimum absolute atomic E-state index is 0.162. The summed E-state index contributed by atoms with van der Waals surface area (Å²) in [6.07, 6.45) is 1.84. The molecular weight excluding hydrogens is 273 g/mol. The normalized spacial score (nSPS) is 20.1. The van der Waals surface area contributed by atoms with Gasteiger partial charge in [0.2, 0.25) is 0 Å². The number of benzene rings is 1. The minimum Gasteiger partial charge on any atom is -0.468 e. The van der Waals surface area contributed by atoms with E-state index in [1.54, 1.807) is 12.1 Å². The number of likely N-dealkylation sites (tertiary alicyclic amines) is 1. The molecule has 0 aromatic heterocycles. The number of rotatable bonds is 3. The Morgan fingerprint density at radius 2 is 2.28 bits per heavy atom. The summed E-state index contributed by atoms with van der Waals surface area (Å²) in [5.41, 5.74) is 0.944. The van der Waals surface area contributed by atoms with Crippen molar-refractivity contribution in [2.45, 2.75) is 25.4 Å². The average molecular weight is 288 g/mol. The van der Waals surface area contributed by atoms with Gasteiger partial charge in [-0.3, -0.25) is 9.69 Å². The summed E-state index contributed by atoms with van der Waals surface area (Å²) in [5, 5.41) is 1.33. The molecule has 0 N–H and O–H groups in total. The van der Waals surface area contributed by atoms with Crippen LogP contribution in [0.15, 0.2) is 18.2 Å². The highest BCUT2D eigenvalue weighted by atomic mass is 35.5. The van der Waals surface area contributed by atoms with E-state index in [1.807, 2.05) is 6.07 Å². The van der Waals surface area contributed by atoms with E-state index >= 15 is 0 Å². The second-order valence-electron chi connectivity index (χ2n) is 4.39. The molecule has 1 aliphatic rings. The van der Waals surface area contributed by atoms with Gasteiger partial charge in [0.15, 0.2) is 0 Å². The zero-order valence-corrected chi connectivity index (χ0v) is 11.7. The Balaban J connectivity index is 2.13. The van der Waals surface area contributed by atoms with E-state index in [0.29, 0.717) is 16.6 Å². The lowest BCUT2D eigenvalue weighted by Gasteiger charge is -2.22. The second-order valence-corrected chi connectivity index (χ2v) is 5.23. The minimum atomic E-state index is -0.175. The van der Waals surface area contributed by atoms with Crippen LogP contribution in [0.4, 0.5) is 0 Å². The molecule has 1 saturated heterocycles. The molecule has 98 valence electrons. The summed E-state index contributed by atoms with van der Waals surface area (Å²) in [6.45, 7) is 1.50. The maximum Gasteiger partial charge on any atom is 0.323 e. The van der Waals surface area contributed by atoms with Crippen molar-refractivity contribution in [2.75, 3.05) is 13.7 Å². The van der Waals surface area contributed by atoms with Crippen LogP contribution in [0.2, 0.25) is 10.0 Å². The Kier molecular flexibility index (Phi) is 4.49. The summed E-state index contributed by atoms with van der Waals surface area (Å²) in [5.74, 6) is -0.175. The van der Waals surface area contributed by atoms with Crippen molar-refractivity contribution >= 4 is 29.2 Å². The highest BCUT2D eigenvalue weighted by Gasteiger charge is 2.31. The number of methoxy groups -OCH3 is 1. The van der Waals surface area contributed by atoms with Gasteiger partial charge in [0.1, 0.15) is 6.04 Å². The zero-order chi connectivity index (χ0) is 13.1. The molecule has 0 bridgehead atoms. The first-order valence-corrected chi connectivity index (χ1v) is 6.63. The van der Waals surface area contributed by atoms with E-state index < -0.39 is 0 Å². The molecule has 0 aliphatic carbocycles. The maximum atomic E-state index is 11.6. The van der Waals surface area contributed by atoms with Crippen molar-refractivity contribution in [1.82, 2.24) is 4.90 Å². The fourth-order valence-electron chi connectivity index (χ4n) is 2.30. The summed E-state index contributed by atoms with van der Waals surface area (Å²) in [7, 11) is 1.42. The molecule has 2 rings (SSSR count). The molecule has 18 heavy (non-hydrogen) atoms. The third-order valence-electron chi connectivity index (χ3n) is 3.22. The van der Waals surface area contributed by atoms with Crippen molar-refractivity contribution < 1.29 is 9.53 Å². The van der Waals surface area contributed by atoms with E-state index in [1.165, 1.54) is 7.11 Å². The topological polar surface area (TPSA) is 29.5 Å². The Morgan fingerprint density at radius 1 is 1.50 bits per heavy atom. The predicted molar refractivity (Wildman–Crippen MR) is 71.9 cm³/mol. The van der Waals surface area contributed by atoms with Crippen LogP contribution in [0.25, 0.3) is 0 Å². The first-order valence-electron chi connectivity index (χ1n) is 5.87. The van der Waals surface area contributed by atoms with Gasteiger partial charge < -0.3 is 4.74 Å². The molecule has 3 nitrogen and oxygen atoms in total. The number of hydrogen-bond acceptors (Lipinski definition) is 3. The van der Waals surface area contributed by atoms with Gasteiger partial charge in [0, 0.05) is 16.6 Å². The molecule has 0 radical (unpaired) electrons. The fraction of sp³-hybridized carbons (Fsp3) is 0.462. The predicted octanol–water partition coefficient (Wildman–Crippen LogP) is 3.13. The quantitative estimate of drug-likeness (QED) is 0.800. The Labute approximate surface area is 117 Å². The molecule has 1 heterocycles. The molecule has 0 saturated carbocycles. The van der Waals surface area contributed by atoms with E-state index in [9.17, 15) is 4.79 Å². The first-order chi connectivity index (χ1) is 8.61. The molecule has 0 amide bonds. The van der Waals surface area contributed by atoms with Crippen LogP contribution in [-0.4, -0.2) is 30.6 Å². The SMILES string of the molecule is COC(=O)C1CCCN1Cc1cc(Cl)ccc1Cl. The largest absolute Gasteiger partial charge is 0.468 e. The summed E-state index contributed by atoms with van der Waals surface area (Å²) < 4.78 is 4.82. The molecule has 1 aliphatic heterocycles. The van der Waals surface area contributed by atoms with Crippen molar-refractivity contribution in [3.8, 4) is 0 Å². The maximum absolute atomic E-state index is 11.6. The van der Waals surface area contributed by atoms with E-state index in [-0.39, 0.29) is 12.0 Å². The number of esters is 1. The molecule has 0 spiro atoms. The van der Waals surface area contributed by atoms with E-state index in [0.717, 1.165) is 24.9 Å². The second kappa shape index (κ2) is 5.91. The highest BCUT2D eigenvalue weighted by Crippen LogP contribution is 2.26. The molecule has 1 atom stereocenters. The molecular formula is C13H15Cl2NO2. The van der Waals surface area contributed by atoms with Gasteiger partial charge in [0.05, 0.1) is 7.11 Å². The van der Waals surface area contributed by atoms with Crippen LogP contribution in [0.5, 0.6) is 0 Å². The van der Waals surface area contributed by atoms with Gasteiger partial charge in [-0.2, -0.15) is 0 Å². The number of carbonyl (C=O) groups is 1. The lowest BCUT2D eigenvalue weighted by atomic mass is 10.2. The van der Waals surface area contributed by atoms with Crippen LogP contribution in [0.1, 0.15) is 18.4 Å². The van der Waals surface area contributed by atoms with Crippen molar-refractivity contribution in [1.29, 1.82) is 0 Å². The third-order valence-corrected chi connectivity index (χ3v) is 3.82. The van der Waals surface area contributed by atoms with Gasteiger partial charge in [-0.15, -0.1) is 0 Å². The number of nitrogens with zero attached hydrogens (tertiary/aromatic N) is 1. The summed E-state index contributed by atoms with van der Waals surface area (Å²) in [6, 6.07) is 5.22. The van der Waals surface area contributed by atoms with E-state index in [2.05, 4.69) is 4.90 Å². The first kappa shape index (κ1) is 13.7. The Morgan fingerprint density at radius 3 is 3.00 bits per heavy atom. The molecule has 1 aromatic rings. The van der Waals surface area contributed by atoms with Crippen LogP contribution in [0.3, 0.4) is 0 Å². The van der Waals surface area contributed by atoms with Crippen molar-refractivity contribution in [2.24, 2.45) is 0 Å². The van der Waals surface area contributed by atoms with Gasteiger partial charge in [0.25, 0.3) is 0 Å². The number of carbonyl (C=O) groups excluding carboxylic acids is 1. The molecule has 1 unspecified atom stereocenters. The van der Waals surface area contributed by atoms with Crippen molar-refractivity contribution in [3.63, 3.8) is 0 Å².